The molecule has 0 unspecified atom stereocenters. The third-order valence-electron chi connectivity index (χ3n) is 16.4. The molecule has 10 aromatic rings. The standard InChI is InChI=1S/C62H40O6S4/c63-51-41-23-35-19-31-11-3-4-12-32(31)20-36(35)24-42(41)52(64)45(51)27-39-29-47-55(69-39)57-49(61(67-47)15-7-1-8-16-61)59-60(71-57)50-58(72-59)56-48(68-62(50)17-9-2-10-18-62)30-40(70-56)28-46-53(65)43-25-37-21-33-13-5-6-14-34(33)22-38(37)26-44(43)54(46)66/h3-6,11-14,19-30H,1-2,7-10,15-18H2. The van der Waals surface area contributed by atoms with E-state index in [2.05, 4.69) is 60.7 Å². The van der Waals surface area contributed by atoms with Gasteiger partial charge >= 0.3 is 0 Å². The Morgan fingerprint density at radius 3 is 1.04 bits per heavy atom. The first-order valence-corrected chi connectivity index (χ1v) is 28.3. The van der Waals surface area contributed by atoms with Crippen LogP contribution in [0.2, 0.25) is 0 Å². The van der Waals surface area contributed by atoms with Crippen molar-refractivity contribution in [1.29, 1.82) is 0 Å². The Balaban J connectivity index is 0.801. The Morgan fingerprint density at radius 2 is 0.708 bits per heavy atom. The van der Waals surface area contributed by atoms with Crippen LogP contribution in [0.5, 0.6) is 11.5 Å². The Morgan fingerprint density at radius 1 is 0.375 bits per heavy atom. The van der Waals surface area contributed by atoms with Crippen LogP contribution in [0.15, 0.2) is 120 Å². The minimum Gasteiger partial charge on any atom is -0.481 e. The van der Waals surface area contributed by atoms with E-state index >= 15 is 0 Å². The van der Waals surface area contributed by atoms with Crippen molar-refractivity contribution >= 4 is 133 Å². The largest absolute Gasteiger partial charge is 0.481 e. The molecule has 2 fully saturated rings. The summed E-state index contributed by atoms with van der Waals surface area (Å²) in [6.45, 7) is 0. The van der Waals surface area contributed by atoms with Gasteiger partial charge in [0.15, 0.2) is 23.1 Å². The Kier molecular flexibility index (Phi) is 8.64. The van der Waals surface area contributed by atoms with E-state index < -0.39 is 11.2 Å². The summed E-state index contributed by atoms with van der Waals surface area (Å²) in [5.74, 6) is 0.735. The average Bonchev–Trinajstić information content (AvgIpc) is 4.24. The van der Waals surface area contributed by atoms with Gasteiger partial charge in [0.1, 0.15) is 22.7 Å². The van der Waals surface area contributed by atoms with Gasteiger partial charge in [-0.05, 0) is 167 Å². The highest BCUT2D eigenvalue weighted by Crippen LogP contribution is 2.66. The van der Waals surface area contributed by atoms with Gasteiger partial charge in [0, 0.05) is 43.1 Å². The second-order valence-corrected chi connectivity index (χ2v) is 24.8. The van der Waals surface area contributed by atoms with Crippen LogP contribution in [0, 0.1) is 0 Å². The molecule has 2 spiro atoms. The number of carbonyl (C=O) groups is 4. The summed E-state index contributed by atoms with van der Waals surface area (Å²) in [7, 11) is 0. The SMILES string of the molecule is O=C1C(=Cc2cc3c(s2)-c2sc4c5c(sc4c2C2(CCCCC2)O3)-c2sc(C=C3C(=O)c4cc6cc7ccccc7cc6cc4C3=O)cc2OC52CCCCC2)C(=O)c2cc3cc4ccccc4cc3cc21. The van der Waals surface area contributed by atoms with Crippen LogP contribution in [-0.2, 0) is 11.2 Å². The molecular formula is C62H40O6S4. The van der Waals surface area contributed by atoms with Gasteiger partial charge in [0.2, 0.25) is 0 Å². The first-order valence-electron chi connectivity index (χ1n) is 25.0. The zero-order chi connectivity index (χ0) is 47.8. The Hall–Kier alpha value is -6.82. The van der Waals surface area contributed by atoms with Crippen molar-refractivity contribution in [2.24, 2.45) is 0 Å². The summed E-state index contributed by atoms with van der Waals surface area (Å²) in [6, 6.07) is 36.4. The van der Waals surface area contributed by atoms with E-state index in [-0.39, 0.29) is 34.3 Å². The number of Topliss-reactive ketones (excluding diaryl/α,β-unsaturated/α-hetero) is 4. The van der Waals surface area contributed by atoms with Crippen LogP contribution in [0.3, 0.4) is 0 Å². The molecule has 348 valence electrons. The van der Waals surface area contributed by atoms with Crippen molar-refractivity contribution in [1.82, 2.24) is 0 Å². The molecule has 0 amide bonds. The number of ketones is 4. The summed E-state index contributed by atoms with van der Waals surface area (Å²) >= 11 is 6.93. The number of ether oxygens (including phenoxy) is 2. The quantitative estimate of drug-likeness (QED) is 0.0974. The number of hydrogen-bond donors (Lipinski definition) is 0. The highest BCUT2D eigenvalue weighted by Gasteiger charge is 2.51. The Bertz CT molecular complexity index is 3840. The molecular weight excluding hydrogens is 969 g/mol. The van der Waals surface area contributed by atoms with E-state index in [1.807, 2.05) is 71.2 Å². The van der Waals surface area contributed by atoms with Gasteiger partial charge in [-0.3, -0.25) is 19.2 Å². The molecule has 72 heavy (non-hydrogen) atoms. The smallest absolute Gasteiger partial charge is 0.197 e. The summed E-state index contributed by atoms with van der Waals surface area (Å²) in [5.41, 5.74) is 3.80. The average molecular weight is 1010 g/mol. The van der Waals surface area contributed by atoms with E-state index in [0.717, 1.165) is 138 Å². The molecule has 0 bridgehead atoms. The van der Waals surface area contributed by atoms with E-state index in [0.29, 0.717) is 22.3 Å². The van der Waals surface area contributed by atoms with E-state index in [1.54, 1.807) is 34.8 Å². The lowest BCUT2D eigenvalue weighted by molar-refractivity contribution is 0.0257. The molecule has 2 aliphatic heterocycles. The van der Waals surface area contributed by atoms with Crippen molar-refractivity contribution in [2.75, 3.05) is 0 Å². The normalized spacial score (nSPS) is 18.2. The molecule has 0 radical (unpaired) electrons. The molecule has 16 rings (SSSR count). The second-order valence-electron chi connectivity index (χ2n) is 20.6. The van der Waals surface area contributed by atoms with Gasteiger partial charge in [0.05, 0.1) is 40.1 Å². The third kappa shape index (κ3) is 5.80. The topological polar surface area (TPSA) is 86.7 Å². The monoisotopic (exact) mass is 1010 g/mol. The number of carbonyl (C=O) groups excluding carboxylic acids is 4. The van der Waals surface area contributed by atoms with Crippen LogP contribution in [0.4, 0.5) is 0 Å². The van der Waals surface area contributed by atoms with Crippen LogP contribution in [0.1, 0.15) is 127 Å². The second kappa shape index (κ2) is 14.9. The van der Waals surface area contributed by atoms with E-state index in [9.17, 15) is 19.2 Å². The number of benzene rings is 6. The maximum atomic E-state index is 14.1. The predicted octanol–water partition coefficient (Wildman–Crippen LogP) is 17.1. The minimum absolute atomic E-state index is 0.198. The highest BCUT2D eigenvalue weighted by atomic mass is 32.1. The van der Waals surface area contributed by atoms with E-state index in [1.165, 1.54) is 30.3 Å². The van der Waals surface area contributed by atoms with Crippen molar-refractivity contribution in [2.45, 2.75) is 75.4 Å². The fourth-order valence-electron chi connectivity index (χ4n) is 13.0. The van der Waals surface area contributed by atoms with Crippen molar-refractivity contribution in [3.8, 4) is 31.0 Å². The first kappa shape index (κ1) is 41.8. The van der Waals surface area contributed by atoms with Crippen LogP contribution in [-0.4, -0.2) is 23.1 Å². The lowest BCUT2D eigenvalue weighted by Crippen LogP contribution is -2.37. The Labute approximate surface area is 428 Å². The van der Waals surface area contributed by atoms with Crippen LogP contribution < -0.4 is 9.47 Å². The van der Waals surface area contributed by atoms with Crippen LogP contribution >= 0.6 is 45.3 Å². The predicted molar refractivity (Wildman–Crippen MR) is 293 cm³/mol. The molecule has 6 nitrogen and oxygen atoms in total. The molecule has 0 atom stereocenters. The molecule has 10 heteroatoms. The fraction of sp³-hybridized carbons (Fsp3) is 0.194. The lowest BCUT2D eigenvalue weighted by Gasteiger charge is -2.41. The number of fused-ring (bicyclic) bond motifs is 17. The summed E-state index contributed by atoms with van der Waals surface area (Å²) < 4.78 is 17.2. The molecule has 4 aromatic heterocycles. The number of hydrogen-bond acceptors (Lipinski definition) is 10. The van der Waals surface area contributed by atoms with Gasteiger partial charge in [-0.1, -0.05) is 61.4 Å². The maximum Gasteiger partial charge on any atom is 0.197 e. The molecule has 2 saturated carbocycles. The summed E-state index contributed by atoms with van der Waals surface area (Å²) in [6.07, 6.45) is 13.8. The zero-order valence-electron chi connectivity index (χ0n) is 38.7. The summed E-state index contributed by atoms with van der Waals surface area (Å²) in [4.78, 5) is 62.8. The lowest BCUT2D eigenvalue weighted by atomic mass is 9.76. The van der Waals surface area contributed by atoms with E-state index in [4.69, 9.17) is 9.47 Å². The van der Waals surface area contributed by atoms with Gasteiger partial charge in [-0.25, -0.2) is 0 Å². The molecule has 0 saturated heterocycles. The maximum absolute atomic E-state index is 14.1. The molecule has 6 heterocycles. The fourth-order valence-corrected chi connectivity index (χ4v) is 18.6. The number of allylic oxidation sites excluding steroid dienone is 2. The van der Waals surface area contributed by atoms with Crippen molar-refractivity contribution in [3.05, 3.63) is 163 Å². The van der Waals surface area contributed by atoms with Gasteiger partial charge < -0.3 is 9.47 Å². The minimum atomic E-state index is -0.499. The molecule has 0 N–H and O–H groups in total. The number of thiophene rings is 4. The zero-order valence-corrected chi connectivity index (χ0v) is 42.0. The van der Waals surface area contributed by atoms with Crippen molar-refractivity contribution in [3.63, 3.8) is 0 Å². The van der Waals surface area contributed by atoms with Crippen LogP contribution in [0.25, 0.3) is 84.2 Å². The van der Waals surface area contributed by atoms with Gasteiger partial charge in [-0.2, -0.15) is 0 Å². The third-order valence-corrected chi connectivity index (χ3v) is 21.4. The van der Waals surface area contributed by atoms with Crippen molar-refractivity contribution < 1.29 is 28.7 Å². The number of rotatable bonds is 2. The molecule has 6 aliphatic rings. The van der Waals surface area contributed by atoms with Gasteiger partial charge in [0.25, 0.3) is 0 Å². The molecule has 4 aliphatic carbocycles. The van der Waals surface area contributed by atoms with Gasteiger partial charge in [-0.15, -0.1) is 45.3 Å². The highest BCUT2D eigenvalue weighted by molar-refractivity contribution is 7.34. The summed E-state index contributed by atoms with van der Waals surface area (Å²) in [5, 5.41) is 8.16. The first-order chi connectivity index (χ1) is 35.2. The molecule has 6 aromatic carbocycles.